The highest BCUT2D eigenvalue weighted by Crippen LogP contribution is 2.37. The van der Waals surface area contributed by atoms with Gasteiger partial charge in [-0.2, -0.15) is 0 Å². The number of benzene rings is 2. The number of hydrogen-bond acceptors (Lipinski definition) is 5. The van der Waals surface area contributed by atoms with E-state index in [0.29, 0.717) is 35.9 Å². The van der Waals surface area contributed by atoms with Crippen LogP contribution < -0.4 is 14.8 Å². The first-order chi connectivity index (χ1) is 15.6. The van der Waals surface area contributed by atoms with E-state index in [0.717, 1.165) is 11.1 Å². The molecule has 0 radical (unpaired) electrons. The Morgan fingerprint density at radius 1 is 1.16 bits per heavy atom. The Labute approximate surface area is 187 Å². The zero-order chi connectivity index (χ0) is 22.5. The Kier molecular flexibility index (Phi) is 6.35. The van der Waals surface area contributed by atoms with Gasteiger partial charge < -0.3 is 19.7 Å². The summed E-state index contributed by atoms with van der Waals surface area (Å²) in [4.78, 5) is 31.9. The summed E-state index contributed by atoms with van der Waals surface area (Å²) in [6, 6.07) is 16.1. The molecule has 1 atom stereocenters. The molecule has 7 heteroatoms. The molecule has 0 aliphatic carbocycles. The van der Waals surface area contributed by atoms with Crippen molar-refractivity contribution in [3.63, 3.8) is 0 Å². The highest BCUT2D eigenvalue weighted by molar-refractivity contribution is 5.99. The van der Waals surface area contributed by atoms with E-state index in [2.05, 4.69) is 10.3 Å². The van der Waals surface area contributed by atoms with Gasteiger partial charge in [0.25, 0.3) is 5.91 Å². The van der Waals surface area contributed by atoms with Crippen LogP contribution in [0, 0.1) is 0 Å². The number of amides is 2. The first kappa shape index (κ1) is 21.4. The number of aromatic nitrogens is 1. The molecule has 0 spiro atoms. The molecule has 1 aliphatic heterocycles. The molecule has 1 aromatic heterocycles. The monoisotopic (exact) mass is 431 g/mol. The Morgan fingerprint density at radius 2 is 2.00 bits per heavy atom. The molecule has 2 aromatic carbocycles. The average Bonchev–Trinajstić information content (AvgIpc) is 3.15. The fourth-order valence-corrected chi connectivity index (χ4v) is 3.93. The number of fused-ring (bicyclic) bond motifs is 1. The van der Waals surface area contributed by atoms with Crippen LogP contribution in [0.25, 0.3) is 0 Å². The summed E-state index contributed by atoms with van der Waals surface area (Å²) >= 11 is 0. The van der Waals surface area contributed by atoms with E-state index in [9.17, 15) is 9.59 Å². The zero-order valence-corrected chi connectivity index (χ0v) is 18.1. The SMILES string of the molecule is CCOc1ccc([C@@H](CC(=O)Nc2cccnc2)N2Cc3ccccc3C2=O)cc1OC. The summed E-state index contributed by atoms with van der Waals surface area (Å²) in [6.07, 6.45) is 3.32. The largest absolute Gasteiger partial charge is 0.493 e. The van der Waals surface area contributed by atoms with Gasteiger partial charge in [-0.1, -0.05) is 24.3 Å². The van der Waals surface area contributed by atoms with Gasteiger partial charge >= 0.3 is 0 Å². The molecule has 0 saturated carbocycles. The molecule has 1 aliphatic rings. The first-order valence-corrected chi connectivity index (χ1v) is 10.5. The fraction of sp³-hybridized carbons (Fsp3) is 0.240. The van der Waals surface area contributed by atoms with Crippen molar-refractivity contribution >= 4 is 17.5 Å². The first-order valence-electron chi connectivity index (χ1n) is 10.5. The number of pyridine rings is 1. The quantitative estimate of drug-likeness (QED) is 0.578. The van der Waals surface area contributed by atoms with Crippen molar-refractivity contribution in [2.45, 2.75) is 25.9 Å². The Balaban J connectivity index is 1.66. The maximum atomic E-state index is 13.2. The number of anilines is 1. The van der Waals surface area contributed by atoms with Crippen molar-refractivity contribution in [3.05, 3.63) is 83.7 Å². The molecule has 2 amide bonds. The third-order valence-electron chi connectivity index (χ3n) is 5.42. The molecule has 4 rings (SSSR count). The lowest BCUT2D eigenvalue weighted by atomic mass is 10.0. The minimum absolute atomic E-state index is 0.0890. The molecule has 0 saturated heterocycles. The lowest BCUT2D eigenvalue weighted by molar-refractivity contribution is -0.117. The van der Waals surface area contributed by atoms with Gasteiger partial charge in [-0.3, -0.25) is 14.6 Å². The third-order valence-corrected chi connectivity index (χ3v) is 5.42. The van der Waals surface area contributed by atoms with Crippen LogP contribution >= 0.6 is 0 Å². The van der Waals surface area contributed by atoms with Gasteiger partial charge in [0.15, 0.2) is 11.5 Å². The Bertz CT molecular complexity index is 1120. The van der Waals surface area contributed by atoms with Crippen molar-refractivity contribution in [2.24, 2.45) is 0 Å². The number of nitrogens with one attached hydrogen (secondary N) is 1. The summed E-state index contributed by atoms with van der Waals surface area (Å²) < 4.78 is 11.1. The zero-order valence-electron chi connectivity index (χ0n) is 18.1. The minimum atomic E-state index is -0.476. The van der Waals surface area contributed by atoms with Crippen molar-refractivity contribution in [1.29, 1.82) is 0 Å². The van der Waals surface area contributed by atoms with Gasteiger partial charge in [-0.25, -0.2) is 0 Å². The molecule has 1 N–H and O–H groups in total. The number of hydrogen-bond donors (Lipinski definition) is 1. The van der Waals surface area contributed by atoms with Crippen LogP contribution in [0.2, 0.25) is 0 Å². The van der Waals surface area contributed by atoms with Crippen LogP contribution in [-0.4, -0.2) is 35.4 Å². The van der Waals surface area contributed by atoms with E-state index in [-0.39, 0.29) is 18.2 Å². The second-order valence-corrected chi connectivity index (χ2v) is 7.44. The normalized spacial score (nSPS) is 13.4. The maximum Gasteiger partial charge on any atom is 0.255 e. The van der Waals surface area contributed by atoms with Crippen molar-refractivity contribution in [2.75, 3.05) is 19.0 Å². The van der Waals surface area contributed by atoms with E-state index in [1.165, 1.54) is 0 Å². The van der Waals surface area contributed by atoms with E-state index in [4.69, 9.17) is 9.47 Å². The van der Waals surface area contributed by atoms with Gasteiger partial charge in [-0.05, 0) is 48.4 Å². The minimum Gasteiger partial charge on any atom is -0.493 e. The predicted molar refractivity (Wildman–Crippen MR) is 121 cm³/mol. The molecule has 0 bridgehead atoms. The number of methoxy groups -OCH3 is 1. The van der Waals surface area contributed by atoms with Gasteiger partial charge in [0.1, 0.15) is 0 Å². The third kappa shape index (κ3) is 4.42. The molecule has 7 nitrogen and oxygen atoms in total. The molecule has 164 valence electrons. The molecular weight excluding hydrogens is 406 g/mol. The molecule has 3 aromatic rings. The van der Waals surface area contributed by atoms with Crippen LogP contribution in [0.3, 0.4) is 0 Å². The van der Waals surface area contributed by atoms with Crippen LogP contribution in [-0.2, 0) is 11.3 Å². The molecule has 2 heterocycles. The highest BCUT2D eigenvalue weighted by Gasteiger charge is 2.34. The summed E-state index contributed by atoms with van der Waals surface area (Å²) in [6.45, 7) is 2.85. The highest BCUT2D eigenvalue weighted by atomic mass is 16.5. The Hall–Kier alpha value is -3.87. The van der Waals surface area contributed by atoms with Gasteiger partial charge in [0.05, 0.1) is 38.1 Å². The van der Waals surface area contributed by atoms with Crippen LogP contribution in [0.4, 0.5) is 5.69 Å². The van der Waals surface area contributed by atoms with Gasteiger partial charge in [0, 0.05) is 18.3 Å². The number of carbonyl (C=O) groups excluding carboxylic acids is 2. The topological polar surface area (TPSA) is 80.8 Å². The summed E-state index contributed by atoms with van der Waals surface area (Å²) in [7, 11) is 1.57. The summed E-state index contributed by atoms with van der Waals surface area (Å²) in [5.74, 6) is 0.881. The van der Waals surface area contributed by atoms with Crippen LogP contribution in [0.1, 0.15) is 40.9 Å². The lowest BCUT2D eigenvalue weighted by Crippen LogP contribution is -2.32. The van der Waals surface area contributed by atoms with Crippen LogP contribution in [0.5, 0.6) is 11.5 Å². The Morgan fingerprint density at radius 3 is 2.72 bits per heavy atom. The van der Waals surface area contributed by atoms with Crippen molar-refractivity contribution in [3.8, 4) is 11.5 Å². The van der Waals surface area contributed by atoms with Gasteiger partial charge in [0.2, 0.25) is 5.91 Å². The average molecular weight is 431 g/mol. The van der Waals surface area contributed by atoms with Crippen molar-refractivity contribution in [1.82, 2.24) is 9.88 Å². The number of nitrogens with zero attached hydrogens (tertiary/aromatic N) is 2. The summed E-state index contributed by atoms with van der Waals surface area (Å²) in [5.41, 5.74) is 3.03. The second-order valence-electron chi connectivity index (χ2n) is 7.44. The second kappa shape index (κ2) is 9.51. The van der Waals surface area contributed by atoms with E-state index in [1.807, 2.05) is 49.4 Å². The molecule has 0 unspecified atom stereocenters. The van der Waals surface area contributed by atoms with E-state index < -0.39 is 6.04 Å². The van der Waals surface area contributed by atoms with Gasteiger partial charge in [-0.15, -0.1) is 0 Å². The standard InChI is InChI=1S/C25H25N3O4/c1-3-32-22-11-10-17(13-23(22)31-2)21(14-24(29)27-19-8-6-12-26-15-19)28-16-18-7-4-5-9-20(18)25(28)30/h4-13,15,21H,3,14,16H2,1-2H3,(H,27,29)/t21-/m1/s1. The molecule has 32 heavy (non-hydrogen) atoms. The van der Waals surface area contributed by atoms with Crippen LogP contribution in [0.15, 0.2) is 67.0 Å². The predicted octanol–water partition coefficient (Wildman–Crippen LogP) is 4.21. The smallest absolute Gasteiger partial charge is 0.255 e. The van der Waals surface area contributed by atoms with Crippen molar-refractivity contribution < 1.29 is 19.1 Å². The van der Waals surface area contributed by atoms with E-state index >= 15 is 0 Å². The number of rotatable bonds is 8. The molecule has 0 fully saturated rings. The molecular formula is C25H25N3O4. The lowest BCUT2D eigenvalue weighted by Gasteiger charge is -2.28. The summed E-state index contributed by atoms with van der Waals surface area (Å²) in [5, 5.41) is 2.87. The maximum absolute atomic E-state index is 13.2. The fourth-order valence-electron chi connectivity index (χ4n) is 3.93. The number of carbonyl (C=O) groups is 2. The van der Waals surface area contributed by atoms with E-state index in [1.54, 1.807) is 36.5 Å². The number of ether oxygens (including phenoxy) is 2.